The molecule has 5 heteroatoms. The van der Waals surface area contributed by atoms with Gasteiger partial charge in [-0.05, 0) is 6.92 Å². The number of hydrogen-bond donors (Lipinski definition) is 0. The van der Waals surface area contributed by atoms with Gasteiger partial charge < -0.3 is 14.2 Å². The van der Waals surface area contributed by atoms with E-state index in [1.807, 2.05) is 0 Å². The molecule has 0 spiro atoms. The monoisotopic (exact) mass is 190 g/mol. The van der Waals surface area contributed by atoms with E-state index < -0.39 is 18.0 Å². The van der Waals surface area contributed by atoms with E-state index >= 15 is 0 Å². The second kappa shape index (κ2) is 6.42. The van der Waals surface area contributed by atoms with Gasteiger partial charge in [0.15, 0.2) is 6.10 Å². The molecule has 0 unspecified atom stereocenters. The van der Waals surface area contributed by atoms with Gasteiger partial charge in [0, 0.05) is 6.61 Å². The number of rotatable bonds is 5. The van der Waals surface area contributed by atoms with Gasteiger partial charge in [0.25, 0.3) is 0 Å². The number of esters is 2. The molecule has 5 nitrogen and oxygen atoms in total. The zero-order valence-electron chi connectivity index (χ0n) is 8.03. The van der Waals surface area contributed by atoms with Crippen LogP contribution >= 0.6 is 0 Å². The van der Waals surface area contributed by atoms with E-state index in [-0.39, 0.29) is 6.42 Å². The highest BCUT2D eigenvalue weighted by Crippen LogP contribution is 2.02. The van der Waals surface area contributed by atoms with Crippen LogP contribution in [0.5, 0.6) is 0 Å². The molecule has 0 radical (unpaired) electrons. The third-order valence-corrected chi connectivity index (χ3v) is 1.41. The number of methoxy groups -OCH3 is 2. The van der Waals surface area contributed by atoms with Gasteiger partial charge in [0.2, 0.25) is 0 Å². The molecular formula is C8H14O5. The molecule has 13 heavy (non-hydrogen) atoms. The Labute approximate surface area is 77.0 Å². The number of hydrogen-bond acceptors (Lipinski definition) is 5. The van der Waals surface area contributed by atoms with Gasteiger partial charge >= 0.3 is 11.9 Å². The highest BCUT2D eigenvalue weighted by Gasteiger charge is 2.23. The third-order valence-electron chi connectivity index (χ3n) is 1.41. The Morgan fingerprint density at radius 3 is 2.23 bits per heavy atom. The van der Waals surface area contributed by atoms with Crippen molar-refractivity contribution in [1.29, 1.82) is 0 Å². The fraction of sp³-hybridized carbons (Fsp3) is 0.750. The van der Waals surface area contributed by atoms with Crippen LogP contribution in [0.25, 0.3) is 0 Å². The van der Waals surface area contributed by atoms with Crippen molar-refractivity contribution in [3.05, 3.63) is 0 Å². The molecule has 0 aromatic carbocycles. The van der Waals surface area contributed by atoms with Crippen LogP contribution in [0.15, 0.2) is 0 Å². The van der Waals surface area contributed by atoms with Crippen molar-refractivity contribution >= 4 is 11.9 Å². The summed E-state index contributed by atoms with van der Waals surface area (Å²) < 4.78 is 13.8. The largest absolute Gasteiger partial charge is 0.469 e. The van der Waals surface area contributed by atoms with Crippen LogP contribution in [0.4, 0.5) is 0 Å². The van der Waals surface area contributed by atoms with E-state index in [0.29, 0.717) is 6.61 Å². The van der Waals surface area contributed by atoms with E-state index in [1.165, 1.54) is 14.2 Å². The first-order valence-electron chi connectivity index (χ1n) is 3.91. The molecule has 0 rings (SSSR count). The Balaban J connectivity index is 4.08. The predicted molar refractivity (Wildman–Crippen MR) is 44.1 cm³/mol. The highest BCUT2D eigenvalue weighted by molar-refractivity contribution is 5.81. The molecule has 0 bridgehead atoms. The molecular weight excluding hydrogens is 176 g/mol. The summed E-state index contributed by atoms with van der Waals surface area (Å²) in [6, 6.07) is 0. The van der Waals surface area contributed by atoms with E-state index in [2.05, 4.69) is 9.47 Å². The van der Waals surface area contributed by atoms with Gasteiger partial charge in [-0.1, -0.05) is 0 Å². The molecule has 0 saturated carbocycles. The lowest BCUT2D eigenvalue weighted by atomic mass is 10.2. The van der Waals surface area contributed by atoms with Crippen LogP contribution in [-0.4, -0.2) is 38.9 Å². The molecule has 0 N–H and O–H groups in total. The average Bonchev–Trinajstić information content (AvgIpc) is 2.15. The van der Waals surface area contributed by atoms with Crippen molar-refractivity contribution < 1.29 is 23.8 Å². The molecule has 0 aromatic rings. The fourth-order valence-electron chi connectivity index (χ4n) is 0.778. The molecule has 0 aliphatic carbocycles. The minimum atomic E-state index is -0.859. The summed E-state index contributed by atoms with van der Waals surface area (Å²) in [6.07, 6.45) is -0.973. The van der Waals surface area contributed by atoms with Gasteiger partial charge in [0.1, 0.15) is 0 Å². The van der Waals surface area contributed by atoms with Crippen LogP contribution in [-0.2, 0) is 23.8 Å². The van der Waals surface area contributed by atoms with Crippen LogP contribution in [0.1, 0.15) is 13.3 Å². The minimum absolute atomic E-state index is 0.114. The second-order valence-electron chi connectivity index (χ2n) is 2.25. The van der Waals surface area contributed by atoms with E-state index in [9.17, 15) is 9.59 Å². The SMILES string of the molecule is CCO[C@@H](CC(=O)OC)C(=O)OC. The molecule has 0 aliphatic heterocycles. The summed E-state index contributed by atoms with van der Waals surface area (Å²) in [5.74, 6) is -1.06. The first-order valence-corrected chi connectivity index (χ1v) is 3.91. The maximum atomic E-state index is 11.0. The van der Waals surface area contributed by atoms with E-state index in [1.54, 1.807) is 6.92 Å². The maximum Gasteiger partial charge on any atom is 0.335 e. The minimum Gasteiger partial charge on any atom is -0.469 e. The highest BCUT2D eigenvalue weighted by atomic mass is 16.6. The molecule has 76 valence electrons. The lowest BCUT2D eigenvalue weighted by Gasteiger charge is -2.12. The van der Waals surface area contributed by atoms with Crippen LogP contribution in [0.2, 0.25) is 0 Å². The summed E-state index contributed by atoms with van der Waals surface area (Å²) >= 11 is 0. The van der Waals surface area contributed by atoms with Crippen molar-refractivity contribution in [3.8, 4) is 0 Å². The molecule has 0 heterocycles. The van der Waals surface area contributed by atoms with Crippen LogP contribution < -0.4 is 0 Å². The van der Waals surface area contributed by atoms with Gasteiger partial charge in [-0.3, -0.25) is 4.79 Å². The van der Waals surface area contributed by atoms with Crippen LogP contribution in [0, 0.1) is 0 Å². The van der Waals surface area contributed by atoms with E-state index in [0.717, 1.165) is 0 Å². The zero-order valence-corrected chi connectivity index (χ0v) is 8.03. The van der Waals surface area contributed by atoms with Gasteiger partial charge in [-0.2, -0.15) is 0 Å². The summed E-state index contributed by atoms with van der Waals surface area (Å²) in [4.78, 5) is 21.8. The Morgan fingerprint density at radius 2 is 1.85 bits per heavy atom. The zero-order chi connectivity index (χ0) is 10.3. The molecule has 1 atom stereocenters. The molecule has 0 amide bonds. The van der Waals surface area contributed by atoms with E-state index in [4.69, 9.17) is 4.74 Å². The standard InChI is InChI=1S/C8H14O5/c1-4-13-6(8(10)12-3)5-7(9)11-2/h6H,4-5H2,1-3H3/t6-/m0/s1. The van der Waals surface area contributed by atoms with Crippen molar-refractivity contribution in [2.45, 2.75) is 19.4 Å². The van der Waals surface area contributed by atoms with Crippen molar-refractivity contribution in [2.75, 3.05) is 20.8 Å². The molecule has 0 aliphatic rings. The Bertz CT molecular complexity index is 177. The first-order chi connectivity index (χ1) is 6.15. The predicted octanol–water partition coefficient (Wildman–Crippen LogP) is 0.128. The van der Waals surface area contributed by atoms with Crippen molar-refractivity contribution in [3.63, 3.8) is 0 Å². The Hall–Kier alpha value is -1.10. The van der Waals surface area contributed by atoms with Gasteiger partial charge in [-0.15, -0.1) is 0 Å². The normalized spacial score (nSPS) is 11.9. The van der Waals surface area contributed by atoms with Crippen LogP contribution in [0.3, 0.4) is 0 Å². The lowest BCUT2D eigenvalue weighted by molar-refractivity contribution is -0.160. The summed E-state index contributed by atoms with van der Waals surface area (Å²) in [5, 5.41) is 0. The van der Waals surface area contributed by atoms with Crippen molar-refractivity contribution in [1.82, 2.24) is 0 Å². The smallest absolute Gasteiger partial charge is 0.335 e. The number of ether oxygens (including phenoxy) is 3. The Morgan fingerprint density at radius 1 is 1.23 bits per heavy atom. The molecule has 0 saturated heterocycles. The van der Waals surface area contributed by atoms with Crippen molar-refractivity contribution in [2.24, 2.45) is 0 Å². The molecule has 0 aromatic heterocycles. The van der Waals surface area contributed by atoms with Gasteiger partial charge in [-0.25, -0.2) is 4.79 Å². The van der Waals surface area contributed by atoms with Gasteiger partial charge in [0.05, 0.1) is 20.6 Å². The summed E-state index contributed by atoms with van der Waals surface area (Å²) in [6.45, 7) is 2.07. The second-order valence-corrected chi connectivity index (χ2v) is 2.25. The number of carbonyl (C=O) groups is 2. The Kier molecular flexibility index (Phi) is 5.88. The first kappa shape index (κ1) is 11.9. The summed E-state index contributed by atoms with van der Waals surface area (Å²) in [5.41, 5.74) is 0. The maximum absolute atomic E-state index is 11.0. The lowest BCUT2D eigenvalue weighted by Crippen LogP contribution is -2.28. The molecule has 0 fully saturated rings. The fourth-order valence-corrected chi connectivity index (χ4v) is 0.778. The third kappa shape index (κ3) is 4.47. The topological polar surface area (TPSA) is 61.8 Å². The quantitative estimate of drug-likeness (QED) is 0.576. The number of carbonyl (C=O) groups excluding carboxylic acids is 2. The summed E-state index contributed by atoms with van der Waals surface area (Å²) in [7, 11) is 2.49. The average molecular weight is 190 g/mol.